The molecule has 0 saturated heterocycles. The molecule has 0 aromatic heterocycles. The Labute approximate surface area is 242 Å². The summed E-state index contributed by atoms with van der Waals surface area (Å²) >= 11 is 8.75. The quantitative estimate of drug-likeness (QED) is 0.132. The van der Waals surface area contributed by atoms with Crippen LogP contribution in [0.1, 0.15) is 30.6 Å². The lowest BCUT2D eigenvalue weighted by molar-refractivity contribution is -0.117. The number of carbonyl (C=O) groups excluding carboxylic acids is 2. The Hall–Kier alpha value is -3.59. The third-order valence-electron chi connectivity index (χ3n) is 6.22. The van der Waals surface area contributed by atoms with E-state index in [0.717, 1.165) is 37.4 Å². The summed E-state index contributed by atoms with van der Waals surface area (Å²) in [7, 11) is 0. The minimum absolute atomic E-state index is 0.0213. The second kappa shape index (κ2) is 12.1. The highest BCUT2D eigenvalue weighted by Crippen LogP contribution is 2.48. The average Bonchev–Trinajstić information content (AvgIpc) is 2.94. The van der Waals surface area contributed by atoms with Crippen LogP contribution in [0.3, 0.4) is 0 Å². The zero-order valence-corrected chi connectivity index (χ0v) is 24.0. The van der Waals surface area contributed by atoms with Crippen molar-refractivity contribution in [2.45, 2.75) is 40.2 Å². The van der Waals surface area contributed by atoms with E-state index in [0.29, 0.717) is 17.1 Å². The number of fused-ring (bicyclic) bond motifs is 2. The fraction of sp³-hybridized carbons (Fsp3) is 0.129. The lowest BCUT2D eigenvalue weighted by atomic mass is 10.1. The number of nitrogens with one attached hydrogen (secondary N) is 2. The lowest BCUT2D eigenvalue weighted by Gasteiger charge is -2.33. The Morgan fingerprint density at radius 3 is 2.08 bits per heavy atom. The largest absolute Gasteiger partial charge is 0.332 e. The van der Waals surface area contributed by atoms with E-state index in [-0.39, 0.29) is 16.9 Å². The Bertz CT molecular complexity index is 1490. The molecular formula is C31H27N3O2S3. The second-order valence-corrected chi connectivity index (χ2v) is 11.7. The number of benzene rings is 4. The van der Waals surface area contributed by atoms with Crippen LogP contribution in [0.25, 0.3) is 0 Å². The zero-order valence-electron chi connectivity index (χ0n) is 21.5. The van der Waals surface area contributed by atoms with Crippen LogP contribution < -0.4 is 15.5 Å². The van der Waals surface area contributed by atoms with Crippen molar-refractivity contribution in [1.82, 2.24) is 0 Å². The summed E-state index contributed by atoms with van der Waals surface area (Å²) in [5.74, 6) is 0.0836. The van der Waals surface area contributed by atoms with Gasteiger partial charge < -0.3 is 10.6 Å². The summed E-state index contributed by atoms with van der Waals surface area (Å²) in [6.07, 6.45) is 0.686. The minimum atomic E-state index is -0.269. The van der Waals surface area contributed by atoms with Crippen molar-refractivity contribution >= 4 is 75.3 Å². The van der Waals surface area contributed by atoms with Crippen LogP contribution in [0.5, 0.6) is 0 Å². The molecule has 0 radical (unpaired) electrons. The predicted molar refractivity (Wildman–Crippen MR) is 167 cm³/mol. The first-order valence-corrected chi connectivity index (χ1v) is 14.7. The molecule has 2 N–H and O–H groups in total. The maximum Gasteiger partial charge on any atom is 0.245 e. The van der Waals surface area contributed by atoms with E-state index in [1.807, 2.05) is 84.6 Å². The Balaban J connectivity index is 1.30. The van der Waals surface area contributed by atoms with Crippen molar-refractivity contribution in [3.8, 4) is 0 Å². The third kappa shape index (κ3) is 6.19. The van der Waals surface area contributed by atoms with Crippen LogP contribution in [-0.4, -0.2) is 22.1 Å². The molecule has 8 heteroatoms. The first kappa shape index (κ1) is 27.0. The first-order valence-electron chi connectivity index (χ1n) is 12.6. The molecule has 1 unspecified atom stereocenters. The van der Waals surface area contributed by atoms with Crippen LogP contribution in [-0.2, 0) is 4.79 Å². The molecule has 1 heterocycles. The maximum absolute atomic E-state index is 14.0. The fourth-order valence-electron chi connectivity index (χ4n) is 4.29. The molecule has 1 aliphatic heterocycles. The zero-order chi connectivity index (χ0) is 27.4. The number of ketones is 1. The van der Waals surface area contributed by atoms with Crippen molar-refractivity contribution in [3.63, 3.8) is 0 Å². The summed E-state index contributed by atoms with van der Waals surface area (Å²) in [4.78, 5) is 30.5. The molecule has 5 rings (SSSR count). The average molecular weight is 570 g/mol. The number of para-hydroxylation sites is 2. The molecule has 1 aliphatic rings. The van der Waals surface area contributed by atoms with Crippen LogP contribution >= 0.6 is 35.7 Å². The highest BCUT2D eigenvalue weighted by atomic mass is 32.2. The number of amides is 1. The number of thiocarbonyl (C=S) groups is 1. The number of thioether (sulfide) groups is 1. The molecular weight excluding hydrogens is 543 g/mol. The highest BCUT2D eigenvalue weighted by Gasteiger charge is 2.32. The molecule has 1 atom stereocenters. The number of Topliss-reactive ketones (excluding diaryl/α,β-unsaturated/α-hetero) is 1. The van der Waals surface area contributed by atoms with Gasteiger partial charge in [-0.2, -0.15) is 0 Å². The molecule has 196 valence electrons. The second-order valence-electron chi connectivity index (χ2n) is 8.97. The Morgan fingerprint density at radius 1 is 0.846 bits per heavy atom. The number of nitrogens with zero attached hydrogens (tertiary/aromatic N) is 1. The van der Waals surface area contributed by atoms with Crippen molar-refractivity contribution in [2.24, 2.45) is 0 Å². The number of anilines is 4. The van der Waals surface area contributed by atoms with Gasteiger partial charge in [-0.3, -0.25) is 14.5 Å². The summed E-state index contributed by atoms with van der Waals surface area (Å²) in [6.45, 7) is 3.59. The minimum Gasteiger partial charge on any atom is -0.332 e. The lowest BCUT2D eigenvalue weighted by Crippen LogP contribution is -2.35. The molecule has 0 bridgehead atoms. The molecule has 1 amide bonds. The van der Waals surface area contributed by atoms with Gasteiger partial charge in [-0.25, -0.2) is 0 Å². The molecule has 0 fully saturated rings. The van der Waals surface area contributed by atoms with Gasteiger partial charge in [0.25, 0.3) is 0 Å². The Kier molecular flexibility index (Phi) is 8.35. The molecule has 39 heavy (non-hydrogen) atoms. The maximum atomic E-state index is 14.0. The van der Waals surface area contributed by atoms with Crippen LogP contribution in [0, 0.1) is 0 Å². The van der Waals surface area contributed by atoms with E-state index < -0.39 is 0 Å². The first-order chi connectivity index (χ1) is 18.9. The normalized spacial score (nSPS) is 12.6. The van der Waals surface area contributed by atoms with Crippen LogP contribution in [0.2, 0.25) is 0 Å². The number of hydrogen-bond acceptors (Lipinski definition) is 5. The molecule has 0 aliphatic carbocycles. The topological polar surface area (TPSA) is 61.4 Å². The summed E-state index contributed by atoms with van der Waals surface area (Å²) in [6, 6.07) is 31.2. The van der Waals surface area contributed by atoms with Gasteiger partial charge in [0.1, 0.15) is 0 Å². The van der Waals surface area contributed by atoms with Crippen molar-refractivity contribution in [3.05, 3.63) is 103 Å². The van der Waals surface area contributed by atoms with E-state index in [9.17, 15) is 9.59 Å². The van der Waals surface area contributed by atoms with Crippen molar-refractivity contribution in [1.29, 1.82) is 0 Å². The van der Waals surface area contributed by atoms with Crippen LogP contribution in [0.4, 0.5) is 22.7 Å². The number of hydrogen-bond donors (Lipinski definition) is 2. The summed E-state index contributed by atoms with van der Waals surface area (Å²) in [5.41, 5.74) is 4.12. The van der Waals surface area contributed by atoms with Crippen molar-refractivity contribution < 1.29 is 9.59 Å². The van der Waals surface area contributed by atoms with Gasteiger partial charge in [0.05, 0.1) is 16.6 Å². The van der Waals surface area contributed by atoms with E-state index in [1.54, 1.807) is 42.6 Å². The molecule has 0 saturated carbocycles. The third-order valence-corrected chi connectivity index (χ3v) is 8.90. The molecule has 4 aromatic rings. The van der Waals surface area contributed by atoms with Gasteiger partial charge in [0.15, 0.2) is 10.9 Å². The van der Waals surface area contributed by atoms with Gasteiger partial charge in [-0.15, -0.1) is 11.8 Å². The molecule has 5 nitrogen and oxygen atoms in total. The SMILES string of the molecule is CCC(Sc1cccc(NC(=S)Nc2ccc(C(C)=O)cc2)c1)C(=O)N1c2ccccc2Sc2ccccc21. The van der Waals surface area contributed by atoms with E-state index in [2.05, 4.69) is 22.8 Å². The molecule has 4 aromatic carbocycles. The van der Waals surface area contributed by atoms with Gasteiger partial charge in [-0.05, 0) is 92.3 Å². The van der Waals surface area contributed by atoms with Gasteiger partial charge in [0.2, 0.25) is 5.91 Å². The van der Waals surface area contributed by atoms with E-state index in [4.69, 9.17) is 12.2 Å². The predicted octanol–water partition coefficient (Wildman–Crippen LogP) is 8.40. The van der Waals surface area contributed by atoms with E-state index >= 15 is 0 Å². The van der Waals surface area contributed by atoms with Gasteiger partial charge in [-0.1, -0.05) is 49.0 Å². The number of carbonyl (C=O) groups is 2. The Morgan fingerprint density at radius 2 is 1.46 bits per heavy atom. The highest BCUT2D eigenvalue weighted by molar-refractivity contribution is 8.00. The summed E-state index contributed by atoms with van der Waals surface area (Å²) in [5, 5.41) is 6.54. The standard InChI is InChI=1S/C31H27N3O2S3/c1-3-27(30(36)34-25-11-4-6-13-28(25)39-29-14-7-5-12-26(29)34)38-24-10-8-9-23(19-24)33-31(37)32-22-17-15-21(16-18-22)20(2)35/h4-19,27H,3H2,1-2H3,(H2,32,33,37). The smallest absolute Gasteiger partial charge is 0.245 e. The monoisotopic (exact) mass is 569 g/mol. The van der Waals surface area contributed by atoms with Gasteiger partial charge in [0, 0.05) is 31.6 Å². The fourth-order valence-corrected chi connectivity index (χ4v) is 6.63. The van der Waals surface area contributed by atoms with E-state index in [1.165, 1.54) is 0 Å². The number of rotatable bonds is 7. The van der Waals surface area contributed by atoms with Crippen LogP contribution in [0.15, 0.2) is 112 Å². The van der Waals surface area contributed by atoms with Gasteiger partial charge >= 0.3 is 0 Å². The van der Waals surface area contributed by atoms with Crippen molar-refractivity contribution in [2.75, 3.05) is 15.5 Å². The summed E-state index contributed by atoms with van der Waals surface area (Å²) < 4.78 is 0. The molecule has 0 spiro atoms.